The molecule has 0 aliphatic heterocycles. The van der Waals surface area contributed by atoms with Gasteiger partial charge in [-0.15, -0.1) is 0 Å². The molecule has 0 fully saturated rings. The minimum absolute atomic E-state index is 0.364. The molecule has 0 radical (unpaired) electrons. The van der Waals surface area contributed by atoms with Crippen molar-refractivity contribution >= 4 is 51.2 Å². The Morgan fingerprint density at radius 2 is 2.11 bits per heavy atom. The van der Waals surface area contributed by atoms with E-state index in [1.807, 2.05) is 18.2 Å². The van der Waals surface area contributed by atoms with Crippen molar-refractivity contribution < 1.29 is 0 Å². The van der Waals surface area contributed by atoms with Crippen LogP contribution >= 0.6 is 34.8 Å². The molecule has 2 aromatic rings. The van der Waals surface area contributed by atoms with Crippen LogP contribution in [0.1, 0.15) is 11.1 Å². The van der Waals surface area contributed by atoms with E-state index >= 15 is 0 Å². The molecule has 0 atom stereocenters. The first-order chi connectivity index (χ1) is 8.59. The normalized spacial score (nSPS) is 10.1. The van der Waals surface area contributed by atoms with Gasteiger partial charge in [0.05, 0.1) is 11.9 Å². The van der Waals surface area contributed by atoms with E-state index in [4.69, 9.17) is 18.0 Å². The number of benzene rings is 1. The summed E-state index contributed by atoms with van der Waals surface area (Å²) in [5.74, 6) is 0. The maximum Gasteiger partial charge on any atom is 0.106 e. The number of rotatable bonds is 3. The number of aromatic nitrogens is 1. The van der Waals surface area contributed by atoms with Gasteiger partial charge in [0.15, 0.2) is 0 Å². The molecule has 3 N–H and O–H groups in total. The molecular weight excluding hydrogens is 357 g/mol. The molecular formula is C13H12IN3S. The highest BCUT2D eigenvalue weighted by Crippen LogP contribution is 2.25. The molecule has 3 nitrogen and oxygen atoms in total. The van der Waals surface area contributed by atoms with Gasteiger partial charge in [-0.25, -0.2) is 0 Å². The lowest BCUT2D eigenvalue weighted by Gasteiger charge is -2.13. The molecule has 5 heteroatoms. The quantitative estimate of drug-likeness (QED) is 0.644. The monoisotopic (exact) mass is 369 g/mol. The second-order valence-electron chi connectivity index (χ2n) is 3.82. The Morgan fingerprint density at radius 1 is 1.33 bits per heavy atom. The number of thiocarbonyl (C=S) groups is 1. The Balaban J connectivity index is 2.40. The second-order valence-corrected chi connectivity index (χ2v) is 5.42. The van der Waals surface area contributed by atoms with Gasteiger partial charge in [-0.2, -0.15) is 0 Å². The van der Waals surface area contributed by atoms with Crippen molar-refractivity contribution in [3.05, 3.63) is 51.4 Å². The third-order valence-corrected chi connectivity index (χ3v) is 4.01. The number of nitrogens with one attached hydrogen (secondary N) is 1. The average Bonchev–Trinajstić information content (AvgIpc) is 2.35. The summed E-state index contributed by atoms with van der Waals surface area (Å²) in [7, 11) is 0. The SMILES string of the molecule is Cc1c(I)cccc1Nc1cnccc1C(N)=S. The van der Waals surface area contributed by atoms with Gasteiger partial charge in [0.25, 0.3) is 0 Å². The van der Waals surface area contributed by atoms with Gasteiger partial charge in [-0.05, 0) is 53.3 Å². The third kappa shape index (κ3) is 2.78. The van der Waals surface area contributed by atoms with Crippen molar-refractivity contribution in [2.75, 3.05) is 5.32 Å². The van der Waals surface area contributed by atoms with Crippen molar-refractivity contribution in [3.8, 4) is 0 Å². The molecule has 0 amide bonds. The predicted molar refractivity (Wildman–Crippen MR) is 87.3 cm³/mol. The van der Waals surface area contributed by atoms with E-state index in [1.54, 1.807) is 12.4 Å². The van der Waals surface area contributed by atoms with E-state index in [0.717, 1.165) is 16.9 Å². The van der Waals surface area contributed by atoms with Crippen LogP contribution < -0.4 is 11.1 Å². The van der Waals surface area contributed by atoms with Crippen LogP contribution in [0.5, 0.6) is 0 Å². The van der Waals surface area contributed by atoms with Crippen LogP contribution in [0.4, 0.5) is 11.4 Å². The number of anilines is 2. The van der Waals surface area contributed by atoms with Crippen molar-refractivity contribution in [2.45, 2.75) is 6.92 Å². The molecule has 1 aromatic heterocycles. The van der Waals surface area contributed by atoms with Crippen LogP contribution in [0, 0.1) is 10.5 Å². The highest BCUT2D eigenvalue weighted by Gasteiger charge is 2.07. The molecule has 0 saturated carbocycles. The number of nitrogens with zero attached hydrogens (tertiary/aromatic N) is 1. The smallest absolute Gasteiger partial charge is 0.106 e. The lowest BCUT2D eigenvalue weighted by Crippen LogP contribution is -2.12. The average molecular weight is 369 g/mol. The molecule has 0 saturated heterocycles. The zero-order valence-corrected chi connectivity index (χ0v) is 12.7. The zero-order valence-electron chi connectivity index (χ0n) is 9.77. The number of halogens is 1. The van der Waals surface area contributed by atoms with E-state index in [1.165, 1.54) is 9.13 Å². The minimum atomic E-state index is 0.364. The van der Waals surface area contributed by atoms with Crippen molar-refractivity contribution in [1.82, 2.24) is 4.98 Å². The molecule has 1 aromatic carbocycles. The van der Waals surface area contributed by atoms with Crippen molar-refractivity contribution in [2.24, 2.45) is 5.73 Å². The summed E-state index contributed by atoms with van der Waals surface area (Å²) in [5.41, 5.74) is 9.56. The summed E-state index contributed by atoms with van der Waals surface area (Å²) in [5, 5.41) is 3.33. The number of hydrogen-bond donors (Lipinski definition) is 2. The largest absolute Gasteiger partial charge is 0.389 e. The van der Waals surface area contributed by atoms with E-state index in [2.05, 4.69) is 45.9 Å². The Hall–Kier alpha value is -1.21. The fourth-order valence-electron chi connectivity index (χ4n) is 1.60. The van der Waals surface area contributed by atoms with Crippen molar-refractivity contribution in [3.63, 3.8) is 0 Å². The van der Waals surface area contributed by atoms with Gasteiger partial charge in [0.2, 0.25) is 0 Å². The molecule has 0 spiro atoms. The Bertz CT molecular complexity index is 599. The zero-order chi connectivity index (χ0) is 13.1. The number of nitrogens with two attached hydrogens (primary N) is 1. The topological polar surface area (TPSA) is 50.9 Å². The highest BCUT2D eigenvalue weighted by molar-refractivity contribution is 14.1. The summed E-state index contributed by atoms with van der Waals surface area (Å²) in [6.45, 7) is 2.07. The molecule has 92 valence electrons. The molecule has 1 heterocycles. The summed E-state index contributed by atoms with van der Waals surface area (Å²) in [6.07, 6.45) is 3.41. The molecule has 0 aliphatic rings. The van der Waals surface area contributed by atoms with Gasteiger partial charge in [0, 0.05) is 21.0 Å². The van der Waals surface area contributed by atoms with Crippen molar-refractivity contribution in [1.29, 1.82) is 0 Å². The summed E-state index contributed by atoms with van der Waals surface area (Å²) < 4.78 is 1.21. The molecule has 0 unspecified atom stereocenters. The molecule has 2 rings (SSSR count). The van der Waals surface area contributed by atoms with Gasteiger partial charge in [-0.3, -0.25) is 4.98 Å². The number of hydrogen-bond acceptors (Lipinski definition) is 3. The van der Waals surface area contributed by atoms with E-state index in [-0.39, 0.29) is 0 Å². The van der Waals surface area contributed by atoms with Crippen LogP contribution in [0.15, 0.2) is 36.7 Å². The molecule has 18 heavy (non-hydrogen) atoms. The van der Waals surface area contributed by atoms with Gasteiger partial charge >= 0.3 is 0 Å². The Labute approximate surface area is 125 Å². The van der Waals surface area contributed by atoms with Crippen LogP contribution in [0.25, 0.3) is 0 Å². The first-order valence-corrected chi connectivity index (χ1v) is 6.84. The fraction of sp³-hybridized carbons (Fsp3) is 0.0769. The second kappa shape index (κ2) is 5.62. The van der Waals surface area contributed by atoms with Crippen LogP contribution in [-0.2, 0) is 0 Å². The molecule has 0 aliphatic carbocycles. The van der Waals surface area contributed by atoms with Crippen LogP contribution in [-0.4, -0.2) is 9.97 Å². The van der Waals surface area contributed by atoms with E-state index in [0.29, 0.717) is 4.99 Å². The Morgan fingerprint density at radius 3 is 2.83 bits per heavy atom. The summed E-state index contributed by atoms with van der Waals surface area (Å²) >= 11 is 7.34. The summed E-state index contributed by atoms with van der Waals surface area (Å²) in [4.78, 5) is 4.46. The number of pyridine rings is 1. The first-order valence-electron chi connectivity index (χ1n) is 5.35. The maximum absolute atomic E-state index is 5.70. The third-order valence-electron chi connectivity index (χ3n) is 2.62. The minimum Gasteiger partial charge on any atom is -0.389 e. The lowest BCUT2D eigenvalue weighted by atomic mass is 10.1. The van der Waals surface area contributed by atoms with Crippen LogP contribution in [0.2, 0.25) is 0 Å². The van der Waals surface area contributed by atoms with E-state index < -0.39 is 0 Å². The highest BCUT2D eigenvalue weighted by atomic mass is 127. The standard InChI is InChI=1S/C13H12IN3S/c1-8-10(14)3-2-4-11(8)17-12-7-16-6-5-9(12)13(15)18/h2-7,17H,1H3,(H2,15,18). The van der Waals surface area contributed by atoms with E-state index in [9.17, 15) is 0 Å². The Kier molecular flexibility index (Phi) is 4.13. The predicted octanol–water partition coefficient (Wildman–Crippen LogP) is 3.37. The summed E-state index contributed by atoms with van der Waals surface area (Å²) in [6, 6.07) is 7.91. The molecule has 0 bridgehead atoms. The first kappa shape index (κ1) is 13.2. The van der Waals surface area contributed by atoms with Gasteiger partial charge in [0.1, 0.15) is 4.99 Å². The fourth-order valence-corrected chi connectivity index (χ4v) is 2.27. The maximum atomic E-state index is 5.70. The van der Waals surface area contributed by atoms with Gasteiger partial charge in [-0.1, -0.05) is 18.3 Å². The lowest BCUT2D eigenvalue weighted by molar-refractivity contribution is 1.30. The van der Waals surface area contributed by atoms with Gasteiger partial charge < -0.3 is 11.1 Å². The van der Waals surface area contributed by atoms with Crippen LogP contribution in [0.3, 0.4) is 0 Å².